The lowest BCUT2D eigenvalue weighted by Crippen LogP contribution is -2.34. The number of ether oxygens (including phenoxy) is 1. The van der Waals surface area contributed by atoms with Crippen LogP contribution in [0.1, 0.15) is 18.1 Å². The number of rotatable bonds is 2. The van der Waals surface area contributed by atoms with Crippen molar-refractivity contribution < 1.29 is 19.0 Å². The van der Waals surface area contributed by atoms with E-state index in [1.54, 1.807) is 6.07 Å². The lowest BCUT2D eigenvalue weighted by atomic mass is 9.98. The molecule has 1 N–H and O–H groups in total. The first-order valence-electron chi connectivity index (χ1n) is 5.35. The lowest BCUT2D eigenvalue weighted by Gasteiger charge is -2.26. The summed E-state index contributed by atoms with van der Waals surface area (Å²) >= 11 is 0. The standard InChI is InChI=1S/C13H13FO3/c1-7-3-4-11-9(5-7)6-10(13(15)16)12(17-11)8(2)14/h3-6,8,12H,1-2H3,(H,15,16). The molecule has 1 aromatic carbocycles. The Hall–Kier alpha value is -1.84. The molecule has 90 valence electrons. The van der Waals surface area contributed by atoms with Gasteiger partial charge >= 0.3 is 5.97 Å². The second-order valence-electron chi connectivity index (χ2n) is 4.16. The SMILES string of the molecule is Cc1ccc2c(c1)C=C(C(=O)O)C(C(C)F)O2. The normalized spacial score (nSPS) is 19.9. The molecular weight excluding hydrogens is 223 g/mol. The number of halogens is 1. The van der Waals surface area contributed by atoms with E-state index >= 15 is 0 Å². The predicted molar refractivity (Wildman–Crippen MR) is 61.8 cm³/mol. The van der Waals surface area contributed by atoms with Gasteiger partial charge in [0, 0.05) is 5.56 Å². The van der Waals surface area contributed by atoms with Crippen LogP contribution in [0.25, 0.3) is 6.08 Å². The molecule has 0 fully saturated rings. The number of hydrogen-bond acceptors (Lipinski definition) is 2. The first kappa shape index (κ1) is 11.6. The molecule has 0 bridgehead atoms. The Bertz CT molecular complexity index is 491. The van der Waals surface area contributed by atoms with Crippen LogP contribution in [0.15, 0.2) is 23.8 Å². The summed E-state index contributed by atoms with van der Waals surface area (Å²) in [7, 11) is 0. The van der Waals surface area contributed by atoms with Crippen molar-refractivity contribution in [3.05, 3.63) is 34.9 Å². The number of aryl methyl sites for hydroxylation is 1. The molecule has 3 nitrogen and oxygen atoms in total. The summed E-state index contributed by atoms with van der Waals surface area (Å²) < 4.78 is 18.7. The van der Waals surface area contributed by atoms with Gasteiger partial charge in [-0.3, -0.25) is 0 Å². The van der Waals surface area contributed by atoms with Crippen LogP contribution < -0.4 is 4.74 Å². The van der Waals surface area contributed by atoms with Gasteiger partial charge in [-0.15, -0.1) is 0 Å². The summed E-state index contributed by atoms with van der Waals surface area (Å²) in [5, 5.41) is 9.04. The molecule has 17 heavy (non-hydrogen) atoms. The number of alkyl halides is 1. The van der Waals surface area contributed by atoms with Crippen LogP contribution in [-0.4, -0.2) is 23.4 Å². The van der Waals surface area contributed by atoms with Gasteiger partial charge < -0.3 is 9.84 Å². The van der Waals surface area contributed by atoms with E-state index in [2.05, 4.69) is 0 Å². The van der Waals surface area contributed by atoms with Crippen LogP contribution in [0.2, 0.25) is 0 Å². The van der Waals surface area contributed by atoms with E-state index in [-0.39, 0.29) is 5.57 Å². The van der Waals surface area contributed by atoms with Gasteiger partial charge in [0.15, 0.2) is 6.10 Å². The smallest absolute Gasteiger partial charge is 0.335 e. The molecule has 1 aliphatic rings. The van der Waals surface area contributed by atoms with Crippen molar-refractivity contribution in [1.82, 2.24) is 0 Å². The summed E-state index contributed by atoms with van der Waals surface area (Å²) in [6.07, 6.45) is -0.927. The van der Waals surface area contributed by atoms with E-state index in [0.29, 0.717) is 11.3 Å². The minimum absolute atomic E-state index is 0.0434. The summed E-state index contributed by atoms with van der Waals surface area (Å²) in [6.45, 7) is 3.19. The Morgan fingerprint density at radius 2 is 2.24 bits per heavy atom. The fraction of sp³-hybridized carbons (Fsp3) is 0.308. The van der Waals surface area contributed by atoms with Gasteiger partial charge in [-0.05, 0) is 32.1 Å². The Morgan fingerprint density at radius 1 is 1.53 bits per heavy atom. The number of aliphatic carboxylic acids is 1. The lowest BCUT2D eigenvalue weighted by molar-refractivity contribution is -0.133. The summed E-state index contributed by atoms with van der Waals surface area (Å²) in [6, 6.07) is 5.39. The van der Waals surface area contributed by atoms with Crippen LogP contribution in [0, 0.1) is 6.92 Å². The van der Waals surface area contributed by atoms with Crippen LogP contribution in [0.4, 0.5) is 4.39 Å². The zero-order valence-electron chi connectivity index (χ0n) is 9.61. The Kier molecular flexibility index (Phi) is 2.88. The first-order chi connectivity index (χ1) is 7.99. The molecule has 1 aromatic rings. The Labute approximate surface area is 98.5 Å². The Balaban J connectivity index is 2.50. The summed E-state index contributed by atoms with van der Waals surface area (Å²) in [4.78, 5) is 11.0. The quantitative estimate of drug-likeness (QED) is 0.858. The monoisotopic (exact) mass is 236 g/mol. The number of carboxylic acid groups (broad SMARTS) is 1. The van der Waals surface area contributed by atoms with E-state index in [9.17, 15) is 9.18 Å². The number of carboxylic acids is 1. The average Bonchev–Trinajstić information content (AvgIpc) is 2.26. The van der Waals surface area contributed by atoms with Gasteiger partial charge in [0.2, 0.25) is 0 Å². The van der Waals surface area contributed by atoms with Crippen molar-refractivity contribution in [3.8, 4) is 5.75 Å². The number of hydrogen-bond donors (Lipinski definition) is 1. The third-order valence-corrected chi connectivity index (χ3v) is 2.70. The zero-order valence-corrected chi connectivity index (χ0v) is 9.61. The molecule has 0 saturated carbocycles. The maximum absolute atomic E-state index is 13.3. The maximum atomic E-state index is 13.3. The molecule has 0 aromatic heterocycles. The molecule has 0 radical (unpaired) electrons. The van der Waals surface area contributed by atoms with Gasteiger partial charge in [-0.2, -0.15) is 0 Å². The van der Waals surface area contributed by atoms with Crippen LogP contribution >= 0.6 is 0 Å². The molecule has 0 spiro atoms. The molecule has 2 rings (SSSR count). The van der Waals surface area contributed by atoms with Crippen LogP contribution in [0.5, 0.6) is 5.75 Å². The highest BCUT2D eigenvalue weighted by Crippen LogP contribution is 2.32. The van der Waals surface area contributed by atoms with E-state index < -0.39 is 18.2 Å². The van der Waals surface area contributed by atoms with Gasteiger partial charge in [0.25, 0.3) is 0 Å². The molecule has 2 unspecified atom stereocenters. The number of benzene rings is 1. The van der Waals surface area contributed by atoms with E-state index in [1.165, 1.54) is 13.0 Å². The highest BCUT2D eigenvalue weighted by Gasteiger charge is 2.32. The average molecular weight is 236 g/mol. The van der Waals surface area contributed by atoms with Crippen LogP contribution in [0.3, 0.4) is 0 Å². The molecule has 0 amide bonds. The minimum Gasteiger partial charge on any atom is -0.482 e. The molecule has 0 aliphatic carbocycles. The van der Waals surface area contributed by atoms with E-state index in [0.717, 1.165) is 5.56 Å². The maximum Gasteiger partial charge on any atom is 0.335 e. The molecule has 1 aliphatic heterocycles. The largest absolute Gasteiger partial charge is 0.482 e. The van der Waals surface area contributed by atoms with E-state index in [1.807, 2.05) is 19.1 Å². The first-order valence-corrected chi connectivity index (χ1v) is 5.35. The number of carbonyl (C=O) groups is 1. The third kappa shape index (κ3) is 2.16. The van der Waals surface area contributed by atoms with Gasteiger partial charge in [0.05, 0.1) is 5.57 Å². The molecule has 1 heterocycles. The predicted octanol–water partition coefficient (Wildman–Crippen LogP) is 2.58. The minimum atomic E-state index is -1.37. The van der Waals surface area contributed by atoms with Gasteiger partial charge in [-0.1, -0.05) is 11.6 Å². The molecule has 0 saturated heterocycles. The molecule has 2 atom stereocenters. The molecular formula is C13H13FO3. The third-order valence-electron chi connectivity index (χ3n) is 2.70. The summed E-state index contributed by atoms with van der Waals surface area (Å²) in [5.74, 6) is -0.623. The van der Waals surface area contributed by atoms with E-state index in [4.69, 9.17) is 9.84 Å². The molecule has 4 heteroatoms. The zero-order chi connectivity index (χ0) is 12.6. The Morgan fingerprint density at radius 3 is 2.82 bits per heavy atom. The van der Waals surface area contributed by atoms with Crippen molar-refractivity contribution >= 4 is 12.0 Å². The fourth-order valence-corrected chi connectivity index (χ4v) is 1.86. The van der Waals surface area contributed by atoms with Crippen molar-refractivity contribution in [2.75, 3.05) is 0 Å². The number of fused-ring (bicyclic) bond motifs is 1. The van der Waals surface area contributed by atoms with Gasteiger partial charge in [-0.25, -0.2) is 9.18 Å². The second-order valence-corrected chi connectivity index (χ2v) is 4.16. The second kappa shape index (κ2) is 4.20. The topological polar surface area (TPSA) is 46.5 Å². The fourth-order valence-electron chi connectivity index (χ4n) is 1.86. The highest BCUT2D eigenvalue weighted by molar-refractivity contribution is 5.94. The van der Waals surface area contributed by atoms with Crippen molar-refractivity contribution in [2.45, 2.75) is 26.1 Å². The van der Waals surface area contributed by atoms with Crippen molar-refractivity contribution in [1.29, 1.82) is 0 Å². The highest BCUT2D eigenvalue weighted by atomic mass is 19.1. The van der Waals surface area contributed by atoms with Crippen LogP contribution in [-0.2, 0) is 4.79 Å². The summed E-state index contributed by atoms with van der Waals surface area (Å²) in [5.41, 5.74) is 1.64. The van der Waals surface area contributed by atoms with Crippen molar-refractivity contribution in [2.24, 2.45) is 0 Å². The van der Waals surface area contributed by atoms with Gasteiger partial charge in [0.1, 0.15) is 11.9 Å². The van der Waals surface area contributed by atoms with Crippen molar-refractivity contribution in [3.63, 3.8) is 0 Å².